The summed E-state index contributed by atoms with van der Waals surface area (Å²) in [4.78, 5) is 26.3. The van der Waals surface area contributed by atoms with Crippen LogP contribution >= 0.6 is 0 Å². The van der Waals surface area contributed by atoms with Crippen LogP contribution in [0.1, 0.15) is 21.6 Å². The Balaban J connectivity index is 1.86. The molecule has 2 aromatic carbocycles. The fourth-order valence-corrected chi connectivity index (χ4v) is 2.74. The lowest BCUT2D eigenvalue weighted by Crippen LogP contribution is -2.13. The quantitative estimate of drug-likeness (QED) is 0.437. The van der Waals surface area contributed by atoms with E-state index in [0.717, 1.165) is 22.2 Å². The number of hydrogen-bond acceptors (Lipinski definition) is 4. The fourth-order valence-electron chi connectivity index (χ4n) is 2.74. The summed E-state index contributed by atoms with van der Waals surface area (Å²) in [5.41, 5.74) is 2.80. The Hall–Kier alpha value is -3.15. The van der Waals surface area contributed by atoms with Gasteiger partial charge in [-0.2, -0.15) is 0 Å². The van der Waals surface area contributed by atoms with Crippen LogP contribution in [-0.4, -0.2) is 22.3 Å². The predicted octanol–water partition coefficient (Wildman–Crippen LogP) is 3.95. The molecular weight excluding hydrogens is 308 g/mol. The van der Waals surface area contributed by atoms with Gasteiger partial charge in [-0.3, -0.25) is 14.9 Å². The number of nitrogens with one attached hydrogen (secondary N) is 1. The normalized spacial score (nSPS) is 10.8. The van der Waals surface area contributed by atoms with Crippen molar-refractivity contribution in [3.8, 4) is 5.75 Å². The molecule has 1 N–H and O–H groups in total. The van der Waals surface area contributed by atoms with Gasteiger partial charge in [0.1, 0.15) is 0 Å². The highest BCUT2D eigenvalue weighted by molar-refractivity contribution is 6.09. The molecule has 1 heterocycles. The van der Waals surface area contributed by atoms with E-state index < -0.39 is 4.92 Å². The molecular formula is C18H16N2O4. The van der Waals surface area contributed by atoms with E-state index in [-0.39, 0.29) is 23.8 Å². The Morgan fingerprint density at radius 2 is 1.96 bits per heavy atom. The van der Waals surface area contributed by atoms with Gasteiger partial charge in [0, 0.05) is 28.2 Å². The molecule has 0 radical (unpaired) electrons. The number of rotatable bonds is 5. The summed E-state index contributed by atoms with van der Waals surface area (Å²) < 4.78 is 5.44. The minimum atomic E-state index is -0.510. The number of ketones is 1. The highest BCUT2D eigenvalue weighted by atomic mass is 16.6. The average Bonchev–Trinajstić information content (AvgIpc) is 2.89. The van der Waals surface area contributed by atoms with Crippen molar-refractivity contribution in [3.63, 3.8) is 0 Å². The molecule has 6 heteroatoms. The predicted molar refractivity (Wildman–Crippen MR) is 90.7 cm³/mol. The molecule has 0 bridgehead atoms. The van der Waals surface area contributed by atoms with Crippen molar-refractivity contribution in [1.82, 2.24) is 4.98 Å². The van der Waals surface area contributed by atoms with Gasteiger partial charge in [0.05, 0.1) is 4.92 Å². The zero-order chi connectivity index (χ0) is 17.3. The summed E-state index contributed by atoms with van der Waals surface area (Å²) in [6, 6.07) is 12.2. The van der Waals surface area contributed by atoms with E-state index in [1.807, 2.05) is 31.2 Å². The summed E-state index contributed by atoms with van der Waals surface area (Å²) in [7, 11) is 0. The van der Waals surface area contributed by atoms with E-state index in [9.17, 15) is 14.9 Å². The molecule has 24 heavy (non-hydrogen) atoms. The molecule has 0 saturated carbocycles. The van der Waals surface area contributed by atoms with Crippen LogP contribution in [0.3, 0.4) is 0 Å². The summed E-state index contributed by atoms with van der Waals surface area (Å²) in [6.07, 6.45) is 0. The number of carbonyl (C=O) groups is 1. The molecule has 3 aromatic rings. The molecule has 0 fully saturated rings. The first-order valence-electron chi connectivity index (χ1n) is 7.45. The fraction of sp³-hybridized carbons (Fsp3) is 0.167. The van der Waals surface area contributed by atoms with E-state index in [4.69, 9.17) is 4.74 Å². The lowest BCUT2D eigenvalue weighted by Gasteiger charge is -2.07. The van der Waals surface area contributed by atoms with Crippen molar-refractivity contribution in [2.24, 2.45) is 0 Å². The number of carbonyl (C=O) groups excluding carboxylic acids is 1. The molecule has 0 aliphatic rings. The topological polar surface area (TPSA) is 85.2 Å². The van der Waals surface area contributed by atoms with Crippen molar-refractivity contribution in [1.29, 1.82) is 0 Å². The average molecular weight is 324 g/mol. The molecule has 6 nitrogen and oxygen atoms in total. The first-order valence-corrected chi connectivity index (χ1v) is 7.45. The van der Waals surface area contributed by atoms with Gasteiger partial charge >= 0.3 is 5.69 Å². The number of nitrogens with zero attached hydrogens (tertiary/aromatic N) is 1. The van der Waals surface area contributed by atoms with E-state index in [1.54, 1.807) is 13.0 Å². The van der Waals surface area contributed by atoms with Gasteiger partial charge in [-0.05, 0) is 31.5 Å². The lowest BCUT2D eigenvalue weighted by molar-refractivity contribution is -0.385. The maximum absolute atomic E-state index is 12.5. The first kappa shape index (κ1) is 15.7. The third-order valence-electron chi connectivity index (χ3n) is 3.84. The Morgan fingerprint density at radius 3 is 2.71 bits per heavy atom. The zero-order valence-corrected chi connectivity index (χ0v) is 13.3. The number of H-pyrrole nitrogens is 1. The monoisotopic (exact) mass is 324 g/mol. The summed E-state index contributed by atoms with van der Waals surface area (Å²) in [5, 5.41) is 11.9. The molecule has 0 aliphatic heterocycles. The number of aromatic nitrogens is 1. The summed E-state index contributed by atoms with van der Waals surface area (Å²) in [6.45, 7) is 3.32. The van der Waals surface area contributed by atoms with E-state index in [0.29, 0.717) is 5.56 Å². The van der Waals surface area contributed by atoms with Crippen LogP contribution in [0.5, 0.6) is 5.75 Å². The molecule has 3 rings (SSSR count). The van der Waals surface area contributed by atoms with Crippen LogP contribution in [0.2, 0.25) is 0 Å². The highest BCUT2D eigenvalue weighted by Crippen LogP contribution is 2.28. The third kappa shape index (κ3) is 2.86. The van der Waals surface area contributed by atoms with Crippen LogP contribution in [0.4, 0.5) is 5.69 Å². The Labute approximate surface area is 138 Å². The number of para-hydroxylation sites is 1. The summed E-state index contributed by atoms with van der Waals surface area (Å²) >= 11 is 0. The molecule has 0 unspecified atom stereocenters. The summed E-state index contributed by atoms with van der Waals surface area (Å²) in [5.74, 6) is -0.128. The number of benzene rings is 2. The van der Waals surface area contributed by atoms with Gasteiger partial charge in [-0.25, -0.2) is 0 Å². The Morgan fingerprint density at radius 1 is 1.21 bits per heavy atom. The third-order valence-corrected chi connectivity index (χ3v) is 3.84. The van der Waals surface area contributed by atoms with Crippen LogP contribution in [0, 0.1) is 24.0 Å². The zero-order valence-electron chi connectivity index (χ0n) is 13.3. The molecule has 0 spiro atoms. The maximum Gasteiger partial charge on any atom is 0.311 e. The van der Waals surface area contributed by atoms with Crippen molar-refractivity contribution < 1.29 is 14.5 Å². The number of nitro groups is 1. The maximum atomic E-state index is 12.5. The van der Waals surface area contributed by atoms with Crippen LogP contribution in [0.25, 0.3) is 10.9 Å². The molecule has 0 amide bonds. The second-order valence-corrected chi connectivity index (χ2v) is 5.61. The number of Topliss-reactive ketones (excluding diaryl/α,β-unsaturated/α-hetero) is 1. The van der Waals surface area contributed by atoms with Crippen molar-refractivity contribution >= 4 is 22.4 Å². The molecule has 0 aliphatic carbocycles. The second kappa shape index (κ2) is 6.16. The van der Waals surface area contributed by atoms with Gasteiger partial charge in [-0.15, -0.1) is 0 Å². The SMILES string of the molecule is Cc1ccc(OCC(=O)c2c(C)[nH]c3ccccc23)c([N+](=O)[O-])c1. The van der Waals surface area contributed by atoms with Gasteiger partial charge in [0.2, 0.25) is 5.78 Å². The van der Waals surface area contributed by atoms with Crippen molar-refractivity contribution in [3.05, 3.63) is 69.4 Å². The first-order chi connectivity index (χ1) is 11.5. The van der Waals surface area contributed by atoms with Crippen LogP contribution in [0.15, 0.2) is 42.5 Å². The number of hydrogen-bond donors (Lipinski definition) is 1. The van der Waals surface area contributed by atoms with Crippen molar-refractivity contribution in [2.75, 3.05) is 6.61 Å². The number of nitro benzene ring substituents is 1. The van der Waals surface area contributed by atoms with E-state index in [2.05, 4.69) is 4.98 Å². The Bertz CT molecular complexity index is 943. The molecule has 0 atom stereocenters. The van der Waals surface area contributed by atoms with Gasteiger partial charge in [-0.1, -0.05) is 24.3 Å². The number of aromatic amines is 1. The standard InChI is InChI=1S/C18H16N2O4/c1-11-7-8-17(15(9-11)20(22)23)24-10-16(21)18-12(2)19-14-6-4-3-5-13(14)18/h3-9,19H,10H2,1-2H3. The number of fused-ring (bicyclic) bond motifs is 1. The van der Waals surface area contributed by atoms with E-state index in [1.165, 1.54) is 12.1 Å². The second-order valence-electron chi connectivity index (χ2n) is 5.61. The number of ether oxygens (including phenoxy) is 1. The minimum Gasteiger partial charge on any atom is -0.478 e. The number of aryl methyl sites for hydroxylation is 2. The highest BCUT2D eigenvalue weighted by Gasteiger charge is 2.19. The van der Waals surface area contributed by atoms with Crippen LogP contribution in [-0.2, 0) is 0 Å². The van der Waals surface area contributed by atoms with Gasteiger partial charge in [0.15, 0.2) is 12.4 Å². The molecule has 122 valence electrons. The van der Waals surface area contributed by atoms with Crippen molar-refractivity contribution in [2.45, 2.75) is 13.8 Å². The minimum absolute atomic E-state index is 0.0939. The largest absolute Gasteiger partial charge is 0.478 e. The molecule has 0 saturated heterocycles. The van der Waals surface area contributed by atoms with Crippen LogP contribution < -0.4 is 4.74 Å². The Kier molecular flexibility index (Phi) is 4.04. The van der Waals surface area contributed by atoms with Gasteiger partial charge < -0.3 is 9.72 Å². The smallest absolute Gasteiger partial charge is 0.311 e. The molecule has 1 aromatic heterocycles. The van der Waals surface area contributed by atoms with E-state index >= 15 is 0 Å². The lowest BCUT2D eigenvalue weighted by atomic mass is 10.1. The van der Waals surface area contributed by atoms with Gasteiger partial charge in [0.25, 0.3) is 0 Å².